The van der Waals surface area contributed by atoms with Crippen molar-refractivity contribution in [3.8, 4) is 5.75 Å². The molecule has 1 amide bonds. The van der Waals surface area contributed by atoms with Gasteiger partial charge in [0.1, 0.15) is 5.75 Å². The summed E-state index contributed by atoms with van der Waals surface area (Å²) >= 11 is 0. The summed E-state index contributed by atoms with van der Waals surface area (Å²) in [5.41, 5.74) is 3.12. The fraction of sp³-hybridized carbons (Fsp3) is 0.400. The van der Waals surface area contributed by atoms with Crippen molar-refractivity contribution in [1.29, 1.82) is 0 Å². The molecular formula is C25H32N4O5S. The number of para-hydroxylation sites is 1. The molecule has 1 aliphatic rings. The third kappa shape index (κ3) is 5.95. The standard InChI is InChI=1S/C25H32N4O5S/c1-16(26-15-23(31)17-8-9-22(30)21(13-17)28-35(2,33)34)12-18-14-27-24-19(18)6-5-7-20(24)25(32)29-10-3-4-11-29/h5-9,13-14,16,23,26-28,30-31H,3-4,10-12,15H2,1-2H3/t16-,23+/m1/s1. The summed E-state index contributed by atoms with van der Waals surface area (Å²) in [5, 5.41) is 24.8. The maximum absolute atomic E-state index is 12.9. The van der Waals surface area contributed by atoms with E-state index in [9.17, 15) is 23.4 Å². The Morgan fingerprint density at radius 1 is 1.20 bits per heavy atom. The number of phenolic OH excluding ortho intramolecular Hbond substituents is 1. The van der Waals surface area contributed by atoms with Crippen LogP contribution < -0.4 is 10.0 Å². The zero-order valence-electron chi connectivity index (χ0n) is 19.9. The molecule has 2 heterocycles. The second-order valence-electron chi connectivity index (χ2n) is 9.22. The molecule has 2 aromatic carbocycles. The van der Waals surface area contributed by atoms with Gasteiger partial charge < -0.3 is 25.4 Å². The average molecular weight is 501 g/mol. The van der Waals surface area contributed by atoms with Gasteiger partial charge in [0.25, 0.3) is 5.91 Å². The number of nitrogens with one attached hydrogen (secondary N) is 3. The normalized spacial score (nSPS) is 15.9. The minimum Gasteiger partial charge on any atom is -0.506 e. The first-order chi connectivity index (χ1) is 16.6. The Kier molecular flexibility index (Phi) is 7.34. The van der Waals surface area contributed by atoms with Gasteiger partial charge in [-0.15, -0.1) is 0 Å². The van der Waals surface area contributed by atoms with E-state index in [0.717, 1.165) is 48.7 Å². The van der Waals surface area contributed by atoms with Crippen LogP contribution in [0.2, 0.25) is 0 Å². The minimum absolute atomic E-state index is 0.0207. The smallest absolute Gasteiger partial charge is 0.255 e. The summed E-state index contributed by atoms with van der Waals surface area (Å²) in [4.78, 5) is 18.1. The number of carbonyl (C=O) groups is 1. The van der Waals surface area contributed by atoms with Crippen LogP contribution in [0.3, 0.4) is 0 Å². The zero-order chi connectivity index (χ0) is 25.2. The van der Waals surface area contributed by atoms with Crippen molar-refractivity contribution in [2.24, 2.45) is 0 Å². The number of hydrogen-bond donors (Lipinski definition) is 5. The van der Waals surface area contributed by atoms with Crippen LogP contribution >= 0.6 is 0 Å². The van der Waals surface area contributed by atoms with E-state index >= 15 is 0 Å². The maximum atomic E-state index is 12.9. The topological polar surface area (TPSA) is 135 Å². The summed E-state index contributed by atoms with van der Waals surface area (Å²) in [5.74, 6) is -0.149. The molecule has 35 heavy (non-hydrogen) atoms. The molecular weight excluding hydrogens is 468 g/mol. The highest BCUT2D eigenvalue weighted by Crippen LogP contribution is 2.28. The Hall–Kier alpha value is -3.08. The summed E-state index contributed by atoms with van der Waals surface area (Å²) in [6.07, 6.45) is 4.81. The Labute approximate surface area is 205 Å². The molecule has 0 bridgehead atoms. The number of aromatic nitrogens is 1. The summed E-state index contributed by atoms with van der Waals surface area (Å²) < 4.78 is 25.2. The lowest BCUT2D eigenvalue weighted by Crippen LogP contribution is -2.32. The highest BCUT2D eigenvalue weighted by Gasteiger charge is 2.22. The quantitative estimate of drug-likeness (QED) is 0.287. The number of phenols is 1. The number of rotatable bonds is 9. The van der Waals surface area contributed by atoms with Crippen LogP contribution in [0.1, 0.15) is 47.4 Å². The van der Waals surface area contributed by atoms with Gasteiger partial charge in [0, 0.05) is 37.3 Å². The summed E-state index contributed by atoms with van der Waals surface area (Å²) in [6, 6.07) is 10.1. The third-order valence-electron chi connectivity index (χ3n) is 6.31. The van der Waals surface area contributed by atoms with E-state index < -0.39 is 16.1 Å². The van der Waals surface area contributed by atoms with E-state index in [0.29, 0.717) is 17.5 Å². The van der Waals surface area contributed by atoms with E-state index in [1.54, 1.807) is 6.07 Å². The Morgan fingerprint density at radius 2 is 1.94 bits per heavy atom. The second kappa shape index (κ2) is 10.3. The lowest BCUT2D eigenvalue weighted by molar-refractivity contribution is 0.0794. The van der Waals surface area contributed by atoms with E-state index in [4.69, 9.17) is 0 Å². The number of carbonyl (C=O) groups excluding carboxylic acids is 1. The van der Waals surface area contributed by atoms with E-state index in [1.807, 2.05) is 36.2 Å². The molecule has 9 nitrogen and oxygen atoms in total. The van der Waals surface area contributed by atoms with Gasteiger partial charge in [0.05, 0.1) is 29.1 Å². The number of hydrogen-bond acceptors (Lipinski definition) is 6. The summed E-state index contributed by atoms with van der Waals surface area (Å²) in [7, 11) is -3.56. The first kappa shape index (κ1) is 25.0. The number of benzene rings is 2. The van der Waals surface area contributed by atoms with E-state index in [2.05, 4.69) is 15.0 Å². The van der Waals surface area contributed by atoms with Gasteiger partial charge >= 0.3 is 0 Å². The molecule has 2 atom stereocenters. The van der Waals surface area contributed by atoms with Crippen molar-refractivity contribution < 1.29 is 23.4 Å². The molecule has 0 spiro atoms. The predicted octanol–water partition coefficient (Wildman–Crippen LogP) is 2.74. The molecule has 4 rings (SSSR count). The van der Waals surface area contributed by atoms with Crippen LogP contribution in [-0.2, 0) is 16.4 Å². The number of H-pyrrole nitrogens is 1. The van der Waals surface area contributed by atoms with Crippen molar-refractivity contribution in [1.82, 2.24) is 15.2 Å². The molecule has 0 radical (unpaired) electrons. The van der Waals surface area contributed by atoms with Crippen LogP contribution in [-0.4, -0.2) is 66.4 Å². The Balaban J connectivity index is 1.40. The SMILES string of the molecule is C[C@H](Cc1c[nH]c2c(C(=O)N3CCCC3)cccc12)NC[C@H](O)c1ccc(O)c(NS(C)(=O)=O)c1. The molecule has 0 saturated carbocycles. The fourth-order valence-corrected chi connectivity index (χ4v) is 5.09. The predicted molar refractivity (Wildman–Crippen MR) is 136 cm³/mol. The molecule has 0 unspecified atom stereocenters. The van der Waals surface area contributed by atoms with Crippen molar-refractivity contribution >= 4 is 32.5 Å². The first-order valence-electron chi connectivity index (χ1n) is 11.7. The number of aliphatic hydroxyl groups is 1. The number of anilines is 1. The van der Waals surface area contributed by atoms with Crippen molar-refractivity contribution in [2.45, 2.75) is 38.3 Å². The second-order valence-corrected chi connectivity index (χ2v) is 11.0. The highest BCUT2D eigenvalue weighted by molar-refractivity contribution is 7.92. The van der Waals surface area contributed by atoms with Gasteiger partial charge in [-0.3, -0.25) is 9.52 Å². The van der Waals surface area contributed by atoms with Crippen molar-refractivity contribution in [2.75, 3.05) is 30.6 Å². The van der Waals surface area contributed by atoms with Crippen LogP contribution in [0.25, 0.3) is 10.9 Å². The molecule has 1 aliphatic heterocycles. The number of amides is 1. The minimum atomic E-state index is -3.56. The largest absolute Gasteiger partial charge is 0.506 e. The Bertz CT molecular complexity index is 1310. The first-order valence-corrected chi connectivity index (χ1v) is 13.6. The molecule has 1 aromatic heterocycles. The molecule has 0 aliphatic carbocycles. The van der Waals surface area contributed by atoms with Gasteiger partial charge in [-0.05, 0) is 55.5 Å². The summed E-state index contributed by atoms with van der Waals surface area (Å²) in [6.45, 7) is 3.86. The number of likely N-dealkylation sites (tertiary alicyclic amines) is 1. The van der Waals surface area contributed by atoms with Gasteiger partial charge in [0.15, 0.2) is 0 Å². The molecule has 10 heteroatoms. The number of aromatic amines is 1. The molecule has 1 fully saturated rings. The number of aromatic hydroxyl groups is 1. The maximum Gasteiger partial charge on any atom is 0.255 e. The van der Waals surface area contributed by atoms with Gasteiger partial charge in [0.2, 0.25) is 10.0 Å². The zero-order valence-corrected chi connectivity index (χ0v) is 20.7. The van der Waals surface area contributed by atoms with Gasteiger partial charge in [-0.2, -0.15) is 0 Å². The lowest BCUT2D eigenvalue weighted by atomic mass is 10.0. The number of sulfonamides is 1. The number of fused-ring (bicyclic) bond motifs is 1. The van der Waals surface area contributed by atoms with Gasteiger partial charge in [-0.25, -0.2) is 8.42 Å². The van der Waals surface area contributed by atoms with Crippen LogP contribution in [0.5, 0.6) is 5.75 Å². The molecule has 3 aromatic rings. The molecule has 5 N–H and O–H groups in total. The van der Waals surface area contributed by atoms with E-state index in [-0.39, 0.29) is 29.9 Å². The number of aliphatic hydroxyl groups excluding tert-OH is 1. The van der Waals surface area contributed by atoms with E-state index in [1.165, 1.54) is 12.1 Å². The monoisotopic (exact) mass is 500 g/mol. The number of nitrogens with zero attached hydrogens (tertiary/aromatic N) is 1. The average Bonchev–Trinajstić information content (AvgIpc) is 3.48. The third-order valence-corrected chi connectivity index (χ3v) is 6.90. The van der Waals surface area contributed by atoms with Crippen LogP contribution in [0.15, 0.2) is 42.6 Å². The van der Waals surface area contributed by atoms with Crippen LogP contribution in [0.4, 0.5) is 5.69 Å². The Morgan fingerprint density at radius 3 is 2.66 bits per heavy atom. The van der Waals surface area contributed by atoms with Gasteiger partial charge in [-0.1, -0.05) is 18.2 Å². The van der Waals surface area contributed by atoms with Crippen molar-refractivity contribution in [3.05, 3.63) is 59.3 Å². The highest BCUT2D eigenvalue weighted by atomic mass is 32.2. The lowest BCUT2D eigenvalue weighted by Gasteiger charge is -2.18. The fourth-order valence-electron chi connectivity index (χ4n) is 4.53. The molecule has 188 valence electrons. The van der Waals surface area contributed by atoms with Crippen molar-refractivity contribution in [3.63, 3.8) is 0 Å². The molecule has 1 saturated heterocycles. The van der Waals surface area contributed by atoms with Crippen LogP contribution in [0, 0.1) is 0 Å².